The molecule has 0 spiro atoms. The highest BCUT2D eigenvalue weighted by atomic mass is 32.2. The maximum absolute atomic E-state index is 12.7. The van der Waals surface area contributed by atoms with Crippen LogP contribution in [0.3, 0.4) is 0 Å². The van der Waals surface area contributed by atoms with Crippen LogP contribution in [-0.4, -0.2) is 36.3 Å². The van der Waals surface area contributed by atoms with Crippen LogP contribution in [0.2, 0.25) is 0 Å². The monoisotopic (exact) mass is 385 g/mol. The van der Waals surface area contributed by atoms with Gasteiger partial charge in [0.05, 0.1) is 17.1 Å². The number of amides is 1. The van der Waals surface area contributed by atoms with Crippen molar-refractivity contribution >= 4 is 17.7 Å². The molecular formula is C18H18F3NO3S. The smallest absolute Gasteiger partial charge is 0.416 e. The summed E-state index contributed by atoms with van der Waals surface area (Å²) in [6, 6.07) is 8.30. The van der Waals surface area contributed by atoms with Crippen LogP contribution in [0, 0.1) is 0 Å². The lowest BCUT2D eigenvalue weighted by Crippen LogP contribution is -2.36. The molecule has 1 aromatic carbocycles. The van der Waals surface area contributed by atoms with Crippen molar-refractivity contribution in [3.63, 3.8) is 0 Å². The standard InChI is InChI=1S/C18H18F3NO3S/c19-18(20,21)13-3-1-4-14(11-13)25-12-17(23)22-7-6-16(26-10-8-22)15-5-2-9-24-15/h1-5,9,11,16H,6-8,10,12H2. The summed E-state index contributed by atoms with van der Waals surface area (Å²) in [7, 11) is 0. The average Bonchev–Trinajstić information content (AvgIpc) is 3.04. The fraction of sp³-hybridized carbons (Fsp3) is 0.389. The first-order chi connectivity index (χ1) is 12.4. The van der Waals surface area contributed by atoms with Gasteiger partial charge in [-0.1, -0.05) is 6.07 Å². The molecule has 1 aromatic heterocycles. The van der Waals surface area contributed by atoms with Gasteiger partial charge in [0, 0.05) is 18.8 Å². The first kappa shape index (κ1) is 18.7. The minimum Gasteiger partial charge on any atom is -0.484 e. The summed E-state index contributed by atoms with van der Waals surface area (Å²) in [5.74, 6) is 1.46. The lowest BCUT2D eigenvalue weighted by molar-refractivity contribution is -0.137. The Bertz CT molecular complexity index is 734. The Balaban J connectivity index is 1.54. The summed E-state index contributed by atoms with van der Waals surface area (Å²) >= 11 is 1.73. The maximum Gasteiger partial charge on any atom is 0.416 e. The third-order valence-corrected chi connectivity index (χ3v) is 5.37. The zero-order valence-electron chi connectivity index (χ0n) is 13.9. The highest BCUT2D eigenvalue weighted by Gasteiger charge is 2.30. The number of carbonyl (C=O) groups is 1. The first-order valence-corrected chi connectivity index (χ1v) is 9.21. The van der Waals surface area contributed by atoms with Gasteiger partial charge in [-0.15, -0.1) is 11.8 Å². The van der Waals surface area contributed by atoms with E-state index in [4.69, 9.17) is 9.15 Å². The van der Waals surface area contributed by atoms with Gasteiger partial charge in [0.15, 0.2) is 6.61 Å². The van der Waals surface area contributed by atoms with Crippen molar-refractivity contribution in [2.75, 3.05) is 25.4 Å². The van der Waals surface area contributed by atoms with E-state index in [2.05, 4.69) is 0 Å². The van der Waals surface area contributed by atoms with E-state index in [9.17, 15) is 18.0 Å². The fourth-order valence-electron chi connectivity index (χ4n) is 2.72. The molecule has 2 aromatic rings. The number of thioether (sulfide) groups is 1. The van der Waals surface area contributed by atoms with E-state index >= 15 is 0 Å². The Hall–Kier alpha value is -2.09. The molecule has 1 aliphatic rings. The fourth-order valence-corrected chi connectivity index (χ4v) is 3.90. The topological polar surface area (TPSA) is 42.7 Å². The van der Waals surface area contributed by atoms with E-state index in [1.54, 1.807) is 22.9 Å². The summed E-state index contributed by atoms with van der Waals surface area (Å²) in [6.45, 7) is 0.854. The van der Waals surface area contributed by atoms with E-state index in [0.717, 1.165) is 30.1 Å². The number of rotatable bonds is 4. The molecule has 140 valence electrons. The molecule has 4 nitrogen and oxygen atoms in total. The normalized spacial score (nSPS) is 18.4. The molecule has 1 unspecified atom stereocenters. The van der Waals surface area contributed by atoms with Gasteiger partial charge in [0.2, 0.25) is 0 Å². The van der Waals surface area contributed by atoms with Crippen molar-refractivity contribution in [1.29, 1.82) is 0 Å². The molecule has 8 heteroatoms. The number of benzene rings is 1. The Morgan fingerprint density at radius 3 is 2.85 bits per heavy atom. The van der Waals surface area contributed by atoms with Crippen molar-refractivity contribution < 1.29 is 27.1 Å². The third-order valence-electron chi connectivity index (χ3n) is 4.08. The highest BCUT2D eigenvalue weighted by Crippen LogP contribution is 2.34. The molecule has 26 heavy (non-hydrogen) atoms. The molecule has 1 aliphatic heterocycles. The predicted molar refractivity (Wildman–Crippen MR) is 92.0 cm³/mol. The van der Waals surface area contributed by atoms with Crippen LogP contribution in [0.1, 0.15) is 23.0 Å². The zero-order valence-corrected chi connectivity index (χ0v) is 14.7. The number of carbonyl (C=O) groups excluding carboxylic acids is 1. The molecule has 0 N–H and O–H groups in total. The van der Waals surface area contributed by atoms with Gasteiger partial charge in [-0.05, 0) is 36.8 Å². The van der Waals surface area contributed by atoms with Gasteiger partial charge >= 0.3 is 6.18 Å². The van der Waals surface area contributed by atoms with Gasteiger partial charge in [-0.25, -0.2) is 0 Å². The molecule has 2 heterocycles. The van der Waals surface area contributed by atoms with E-state index in [1.807, 2.05) is 12.1 Å². The average molecular weight is 385 g/mol. The first-order valence-electron chi connectivity index (χ1n) is 8.16. The van der Waals surface area contributed by atoms with Crippen LogP contribution < -0.4 is 4.74 Å². The van der Waals surface area contributed by atoms with Gasteiger partial charge in [-0.3, -0.25) is 4.79 Å². The van der Waals surface area contributed by atoms with Crippen molar-refractivity contribution in [3.05, 3.63) is 54.0 Å². The maximum atomic E-state index is 12.7. The van der Waals surface area contributed by atoms with E-state index in [-0.39, 0.29) is 23.5 Å². The van der Waals surface area contributed by atoms with Crippen LogP contribution in [0.15, 0.2) is 47.1 Å². The molecule has 0 aliphatic carbocycles. The predicted octanol–water partition coefficient (Wildman–Crippen LogP) is 4.38. The van der Waals surface area contributed by atoms with Crippen molar-refractivity contribution in [2.45, 2.75) is 17.8 Å². The molecule has 1 saturated heterocycles. The number of hydrogen-bond acceptors (Lipinski definition) is 4. The summed E-state index contributed by atoms with van der Waals surface area (Å²) in [4.78, 5) is 14.0. The van der Waals surface area contributed by atoms with E-state index in [1.165, 1.54) is 12.1 Å². The summed E-state index contributed by atoms with van der Waals surface area (Å²) in [5, 5.41) is 0.201. The molecular weight excluding hydrogens is 367 g/mol. The quantitative estimate of drug-likeness (QED) is 0.783. The van der Waals surface area contributed by atoms with Crippen molar-refractivity contribution in [3.8, 4) is 5.75 Å². The summed E-state index contributed by atoms with van der Waals surface area (Å²) in [5.41, 5.74) is -0.796. The second-order valence-corrected chi connectivity index (χ2v) is 7.17. The van der Waals surface area contributed by atoms with Crippen LogP contribution in [0.4, 0.5) is 13.2 Å². The van der Waals surface area contributed by atoms with Crippen LogP contribution >= 0.6 is 11.8 Å². The van der Waals surface area contributed by atoms with Crippen LogP contribution in [0.5, 0.6) is 5.75 Å². The molecule has 0 saturated carbocycles. The van der Waals surface area contributed by atoms with E-state index < -0.39 is 11.7 Å². The second kappa shape index (κ2) is 8.07. The minimum atomic E-state index is -4.44. The third kappa shape index (κ3) is 4.75. The summed E-state index contributed by atoms with van der Waals surface area (Å²) < 4.78 is 48.9. The van der Waals surface area contributed by atoms with Gasteiger partial charge < -0.3 is 14.1 Å². The molecule has 0 bridgehead atoms. The molecule has 1 atom stereocenters. The lowest BCUT2D eigenvalue weighted by Gasteiger charge is -2.20. The van der Waals surface area contributed by atoms with Gasteiger partial charge in [0.25, 0.3) is 5.91 Å². The number of nitrogens with zero attached hydrogens (tertiary/aromatic N) is 1. The number of halogens is 3. The van der Waals surface area contributed by atoms with Crippen LogP contribution in [0.25, 0.3) is 0 Å². The second-order valence-electron chi connectivity index (χ2n) is 5.86. The Morgan fingerprint density at radius 1 is 1.27 bits per heavy atom. The van der Waals surface area contributed by atoms with Gasteiger partial charge in [-0.2, -0.15) is 13.2 Å². The van der Waals surface area contributed by atoms with Crippen molar-refractivity contribution in [2.24, 2.45) is 0 Å². The highest BCUT2D eigenvalue weighted by molar-refractivity contribution is 7.99. The van der Waals surface area contributed by atoms with Crippen molar-refractivity contribution in [1.82, 2.24) is 4.90 Å². The Kier molecular flexibility index (Phi) is 5.80. The molecule has 0 radical (unpaired) electrons. The summed E-state index contributed by atoms with van der Waals surface area (Å²) in [6.07, 6.45) is -2.05. The minimum absolute atomic E-state index is 0.0332. The SMILES string of the molecule is O=C(COc1cccc(C(F)(F)F)c1)N1CCSC(c2ccco2)CC1. The molecule has 1 fully saturated rings. The van der Waals surface area contributed by atoms with Gasteiger partial charge in [0.1, 0.15) is 11.5 Å². The molecule has 1 amide bonds. The lowest BCUT2D eigenvalue weighted by atomic mass is 10.2. The number of alkyl halides is 3. The molecule has 3 rings (SSSR count). The van der Waals surface area contributed by atoms with E-state index in [0.29, 0.717) is 13.1 Å². The number of ether oxygens (including phenoxy) is 1. The Morgan fingerprint density at radius 2 is 2.12 bits per heavy atom. The Labute approximate surface area is 153 Å². The number of furan rings is 1. The number of hydrogen-bond donors (Lipinski definition) is 0. The largest absolute Gasteiger partial charge is 0.484 e. The van der Waals surface area contributed by atoms with Crippen LogP contribution in [-0.2, 0) is 11.0 Å². The zero-order chi connectivity index (χ0) is 18.6.